The third kappa shape index (κ3) is 66.2. The molecule has 0 heterocycles. The first-order valence-corrected chi connectivity index (χ1v) is 36.5. The van der Waals surface area contributed by atoms with Gasteiger partial charge in [0.2, 0.25) is 0 Å². The van der Waals surface area contributed by atoms with Gasteiger partial charge in [0.15, 0.2) is 0 Å². The molecule has 15 fully saturated rings. The lowest BCUT2D eigenvalue weighted by Gasteiger charge is -2.05. The fourth-order valence-electron chi connectivity index (χ4n) is 8.33. The zero-order valence-corrected chi connectivity index (χ0v) is 51.6. The smallest absolute Gasteiger partial charge is 0.0533 e. The Morgan fingerprint density at radius 3 is 0.0548 bits per heavy atom. The van der Waals surface area contributed by atoms with E-state index in [1.165, 1.54) is 469 Å². The Morgan fingerprint density at radius 2 is 0.0411 bits per heavy atom. The van der Waals surface area contributed by atoms with Gasteiger partial charge in [-0.05, 0) is 0 Å². The molecule has 15 rings (SSSR count). The molecule has 0 N–H and O–H groups in total. The molecule has 0 unspecified atom stereocenters. The summed E-state index contributed by atoms with van der Waals surface area (Å²) < 4.78 is 0. The molecule has 73 heavy (non-hydrogen) atoms. The molecule has 0 aromatic rings. The SMILES string of the molecule is C1CCC1.C1CCC1.C1CCC1.C1CCC1.C1CCC1.C1CCC1.C1CCC1.C1CCC1.C1CCC1.C1CCC1.C1CCCCC1.C1CCCCC1.C1CCCCC1.C1CCCCCC1.C1CCCCCCC1. The maximum atomic E-state index is 1.50. The highest BCUT2D eigenvalue weighted by Crippen LogP contribution is 2.21. The van der Waals surface area contributed by atoms with Crippen LogP contribution in [0.25, 0.3) is 0 Å². The van der Waals surface area contributed by atoms with Crippen LogP contribution < -0.4 is 0 Å². The highest BCUT2D eigenvalue weighted by atomic mass is 14.1. The minimum absolute atomic E-state index is 1.50. The van der Waals surface area contributed by atoms with Gasteiger partial charge in [-0.1, -0.05) is 469 Å². The normalized spacial score (nSPS) is 24.0. The molecule has 15 aliphatic carbocycles. The first kappa shape index (κ1) is 71.0. The Kier molecular flexibility index (Phi) is 66.3. The Morgan fingerprint density at radius 1 is 0.0274 bits per heavy atom. The van der Waals surface area contributed by atoms with Gasteiger partial charge in [0.05, 0.1) is 0 Å². The van der Waals surface area contributed by atoms with Crippen molar-refractivity contribution in [1.29, 1.82) is 0 Å². The van der Waals surface area contributed by atoms with Gasteiger partial charge in [0, 0.05) is 0 Å². The molecule has 0 aliphatic heterocycles. The Labute approximate surface area is 466 Å². The van der Waals surface area contributed by atoms with Crippen LogP contribution in [0.4, 0.5) is 0 Å². The average molecular weight is 1020 g/mol. The van der Waals surface area contributed by atoms with Crippen molar-refractivity contribution < 1.29 is 0 Å². The molecule has 0 spiro atoms. The minimum Gasteiger partial charge on any atom is -0.0533 e. The summed E-state index contributed by atoms with van der Waals surface area (Å²) >= 11 is 0. The van der Waals surface area contributed by atoms with E-state index in [0.29, 0.717) is 0 Å². The highest BCUT2D eigenvalue weighted by molar-refractivity contribution is 4.57. The van der Waals surface area contributed by atoms with Crippen molar-refractivity contribution in [3.05, 3.63) is 0 Å². The lowest BCUT2D eigenvalue weighted by atomic mass is 10.0. The van der Waals surface area contributed by atoms with Gasteiger partial charge in [0.1, 0.15) is 0 Å². The lowest BCUT2D eigenvalue weighted by molar-refractivity contribution is 0.504. The van der Waals surface area contributed by atoms with Crippen molar-refractivity contribution in [3.8, 4) is 0 Å². The molecule has 0 atom stereocenters. The summed E-state index contributed by atoms with van der Waals surface area (Å²) in [5, 5.41) is 0. The van der Waals surface area contributed by atoms with Crippen molar-refractivity contribution >= 4 is 0 Å². The van der Waals surface area contributed by atoms with E-state index in [9.17, 15) is 0 Å². The topological polar surface area (TPSA) is 0 Å². The molecule has 0 aromatic carbocycles. The molecule has 438 valence electrons. The van der Waals surface area contributed by atoms with Gasteiger partial charge in [-0.15, -0.1) is 0 Å². The van der Waals surface area contributed by atoms with E-state index in [-0.39, 0.29) is 0 Å². The molecule has 0 amide bonds. The minimum atomic E-state index is 1.50. The molecule has 0 bridgehead atoms. The van der Waals surface area contributed by atoms with Crippen molar-refractivity contribution in [3.63, 3.8) is 0 Å². The summed E-state index contributed by atoms with van der Waals surface area (Å²) in [6, 6.07) is 0. The van der Waals surface area contributed by atoms with E-state index in [1.807, 2.05) is 0 Å². The van der Waals surface area contributed by atoms with Crippen LogP contribution in [0.3, 0.4) is 0 Å². The fraction of sp³-hybridized carbons (Fsp3) is 1.00. The van der Waals surface area contributed by atoms with Gasteiger partial charge in [-0.3, -0.25) is 0 Å². The largest absolute Gasteiger partial charge is 0.0533 e. The Bertz CT molecular complexity index is 572. The van der Waals surface area contributed by atoms with Crippen LogP contribution in [0.5, 0.6) is 0 Å². The standard InChI is InChI=1S/C8H16.C7H14.3C6H12.10C4H8/c1-2-4-6-8-7-5-3-1;1-2-4-6-7-5-3-1;3*1-2-4-6-5-3-1;10*1-2-4-3-1/h1-8H2;1-7H2;3*1-6H2;10*1-4H2. The van der Waals surface area contributed by atoms with E-state index < -0.39 is 0 Å². The number of rotatable bonds is 0. The summed E-state index contributed by atoms with van der Waals surface area (Å²) in [6.07, 6.45) is 110. The molecule has 0 nitrogen and oxygen atoms in total. The summed E-state index contributed by atoms with van der Waals surface area (Å²) in [4.78, 5) is 0. The number of hydrogen-bond donors (Lipinski definition) is 0. The Balaban J connectivity index is 0.000000393. The first-order chi connectivity index (χ1) is 36.5. The Hall–Kier alpha value is 0. The van der Waals surface area contributed by atoms with Gasteiger partial charge in [-0.25, -0.2) is 0 Å². The maximum absolute atomic E-state index is 1.50. The molecule has 0 aromatic heterocycles. The second-order valence-electron chi connectivity index (χ2n) is 25.8. The monoisotopic (exact) mass is 1020 g/mol. The van der Waals surface area contributed by atoms with Gasteiger partial charge < -0.3 is 0 Å². The fourth-order valence-corrected chi connectivity index (χ4v) is 8.33. The lowest BCUT2D eigenvalue weighted by Crippen LogP contribution is -1.85. The van der Waals surface area contributed by atoms with Crippen molar-refractivity contribution in [2.45, 2.75) is 469 Å². The van der Waals surface area contributed by atoms with Crippen molar-refractivity contribution in [2.24, 2.45) is 0 Å². The summed E-state index contributed by atoms with van der Waals surface area (Å²) in [5.41, 5.74) is 0. The zero-order chi connectivity index (χ0) is 51.6. The average Bonchev–Trinajstić information content (AvgIpc) is 3.51. The summed E-state index contributed by atoms with van der Waals surface area (Å²) in [7, 11) is 0. The van der Waals surface area contributed by atoms with Crippen LogP contribution in [0.15, 0.2) is 0 Å². The third-order valence-electron chi connectivity index (χ3n) is 18.2. The van der Waals surface area contributed by atoms with Crippen molar-refractivity contribution in [2.75, 3.05) is 0 Å². The van der Waals surface area contributed by atoms with Gasteiger partial charge in [-0.2, -0.15) is 0 Å². The molecule has 0 radical (unpaired) electrons. The number of hydrogen-bond acceptors (Lipinski definition) is 0. The molecule has 15 aliphatic rings. The predicted octanol–water partition coefficient (Wildman–Crippen LogP) is 28.5. The van der Waals surface area contributed by atoms with Crippen LogP contribution in [0.2, 0.25) is 0 Å². The molecule has 0 heteroatoms. The zero-order valence-electron chi connectivity index (χ0n) is 51.6. The molecule has 0 saturated heterocycles. The summed E-state index contributed by atoms with van der Waals surface area (Å²) in [6.45, 7) is 0. The van der Waals surface area contributed by atoms with Crippen LogP contribution in [0, 0.1) is 0 Å². The summed E-state index contributed by atoms with van der Waals surface area (Å²) in [5.74, 6) is 0. The van der Waals surface area contributed by atoms with Gasteiger partial charge in [0.25, 0.3) is 0 Å². The van der Waals surface area contributed by atoms with Crippen LogP contribution in [-0.4, -0.2) is 0 Å². The van der Waals surface area contributed by atoms with Gasteiger partial charge >= 0.3 is 0 Å². The van der Waals surface area contributed by atoms with Crippen LogP contribution in [0.1, 0.15) is 469 Å². The first-order valence-electron chi connectivity index (χ1n) is 36.5. The van der Waals surface area contributed by atoms with E-state index in [2.05, 4.69) is 0 Å². The van der Waals surface area contributed by atoms with Crippen molar-refractivity contribution in [1.82, 2.24) is 0 Å². The maximum Gasteiger partial charge on any atom is -0.0533 e. The second-order valence-corrected chi connectivity index (χ2v) is 25.8. The van der Waals surface area contributed by atoms with Crippen LogP contribution in [-0.2, 0) is 0 Å². The third-order valence-corrected chi connectivity index (χ3v) is 18.2. The van der Waals surface area contributed by atoms with Crippen LogP contribution >= 0.6 is 0 Å². The molecular formula is C73H146. The van der Waals surface area contributed by atoms with E-state index in [4.69, 9.17) is 0 Å². The van der Waals surface area contributed by atoms with E-state index in [1.54, 1.807) is 0 Å². The molecule has 15 saturated carbocycles. The highest BCUT2D eigenvalue weighted by Gasteiger charge is 2.02. The predicted molar refractivity (Wildman–Crippen MR) is 337 cm³/mol. The second kappa shape index (κ2) is 68.1. The van der Waals surface area contributed by atoms with E-state index in [0.717, 1.165) is 0 Å². The quantitative estimate of drug-likeness (QED) is 0.212. The van der Waals surface area contributed by atoms with E-state index >= 15 is 0 Å². The molecular weight excluding hydrogens is 877 g/mol.